The summed E-state index contributed by atoms with van der Waals surface area (Å²) >= 11 is 2.95. The van der Waals surface area contributed by atoms with Gasteiger partial charge in [0.2, 0.25) is 0 Å². The maximum absolute atomic E-state index is 13.6. The zero-order valence-corrected chi connectivity index (χ0v) is 19.9. The van der Waals surface area contributed by atoms with Gasteiger partial charge in [0.05, 0.1) is 22.7 Å². The number of para-hydroxylation sites is 2. The Morgan fingerprint density at radius 2 is 1.79 bits per heavy atom. The van der Waals surface area contributed by atoms with Gasteiger partial charge in [-0.25, -0.2) is 0 Å². The molecule has 8 heteroatoms. The van der Waals surface area contributed by atoms with Crippen LogP contribution in [0.15, 0.2) is 82.0 Å². The molecule has 2 aliphatic rings. The first kappa shape index (κ1) is 21.5. The molecular weight excluding hydrogens is 452 g/mol. The zero-order valence-electron chi connectivity index (χ0n) is 18.3. The summed E-state index contributed by atoms with van der Waals surface area (Å²) in [6, 6.07) is 17.5. The lowest BCUT2D eigenvalue weighted by atomic mass is 10.2. The number of carbonyl (C=O) groups is 1. The number of aromatic nitrogens is 1. The fourth-order valence-electron chi connectivity index (χ4n) is 4.04. The average molecular weight is 475 g/mol. The van der Waals surface area contributed by atoms with Crippen molar-refractivity contribution in [2.45, 2.75) is 25.3 Å². The fourth-order valence-corrected chi connectivity index (χ4v) is 6.64. The van der Waals surface area contributed by atoms with Gasteiger partial charge in [-0.3, -0.25) is 14.2 Å². The van der Waals surface area contributed by atoms with Gasteiger partial charge in [0.1, 0.15) is 14.2 Å². The molecule has 6 nitrogen and oxygen atoms in total. The summed E-state index contributed by atoms with van der Waals surface area (Å²) in [6.07, 6.45) is 1.68. The van der Waals surface area contributed by atoms with E-state index in [9.17, 15) is 9.59 Å². The second kappa shape index (κ2) is 8.53. The first-order chi connectivity index (χ1) is 16.0. The summed E-state index contributed by atoms with van der Waals surface area (Å²) in [6.45, 7) is 8.76. The molecule has 0 N–H and O–H groups in total. The van der Waals surface area contributed by atoms with Crippen LogP contribution < -0.4 is 24.7 Å². The quantitative estimate of drug-likeness (QED) is 0.544. The van der Waals surface area contributed by atoms with Crippen molar-refractivity contribution in [2.75, 3.05) is 16.5 Å². The van der Waals surface area contributed by atoms with Crippen molar-refractivity contribution in [3.05, 3.63) is 86.8 Å². The lowest BCUT2D eigenvalue weighted by Crippen LogP contribution is -2.35. The van der Waals surface area contributed by atoms with Crippen molar-refractivity contribution >= 4 is 56.7 Å². The van der Waals surface area contributed by atoms with Gasteiger partial charge in [-0.05, 0) is 38.1 Å². The average Bonchev–Trinajstić information content (AvgIpc) is 3.45. The number of carbonyl (C=O) groups excluding carboxylic acids is 1. The Morgan fingerprint density at radius 1 is 1.06 bits per heavy atom. The minimum absolute atomic E-state index is 0.116. The summed E-state index contributed by atoms with van der Waals surface area (Å²) in [5.74, 6) is -0.232. The number of fused-ring (bicyclic) bond motifs is 1. The molecule has 1 aromatic heterocycles. The maximum atomic E-state index is 13.6. The van der Waals surface area contributed by atoms with Crippen LogP contribution in [0.25, 0.3) is 10.6 Å². The number of nitrogens with zero attached hydrogens (tertiary/aromatic N) is 4. The normalized spacial score (nSPS) is 18.6. The van der Waals surface area contributed by atoms with Gasteiger partial charge in [0, 0.05) is 18.0 Å². The first-order valence-corrected chi connectivity index (χ1v) is 12.3. The van der Waals surface area contributed by atoms with Gasteiger partial charge in [-0.1, -0.05) is 48.2 Å². The van der Waals surface area contributed by atoms with E-state index in [2.05, 4.69) is 35.6 Å². The van der Waals surface area contributed by atoms with Crippen LogP contribution in [0.1, 0.15) is 13.8 Å². The van der Waals surface area contributed by atoms with Crippen LogP contribution in [-0.4, -0.2) is 22.7 Å². The van der Waals surface area contributed by atoms with Crippen molar-refractivity contribution < 1.29 is 4.79 Å². The highest BCUT2D eigenvalue weighted by atomic mass is 32.2. The highest BCUT2D eigenvalue weighted by Gasteiger charge is 2.32. The molecule has 166 valence electrons. The van der Waals surface area contributed by atoms with E-state index in [0.717, 1.165) is 22.2 Å². The third-order valence-corrected chi connectivity index (χ3v) is 8.05. The zero-order chi connectivity index (χ0) is 23.1. The van der Waals surface area contributed by atoms with Crippen LogP contribution >= 0.6 is 23.1 Å². The predicted molar refractivity (Wildman–Crippen MR) is 137 cm³/mol. The summed E-state index contributed by atoms with van der Waals surface area (Å²) in [5, 5.41) is 6.81. The lowest BCUT2D eigenvalue weighted by Gasteiger charge is -2.16. The van der Waals surface area contributed by atoms with Gasteiger partial charge < -0.3 is 4.90 Å². The monoisotopic (exact) mass is 474 g/mol. The number of allylic oxidation sites excluding steroid dienone is 1. The molecule has 0 bridgehead atoms. The lowest BCUT2D eigenvalue weighted by molar-refractivity contribution is -0.112. The summed E-state index contributed by atoms with van der Waals surface area (Å²) in [4.78, 5) is 30.3. The molecule has 5 rings (SSSR count). The summed E-state index contributed by atoms with van der Waals surface area (Å²) in [7, 11) is 0. The SMILES string of the molecule is C=CCn1c(=C2C(=O)N(c3ccccc3)N=C2C)sc(=C2Sc3ccccc3N2CC)c1=O. The second-order valence-electron chi connectivity index (χ2n) is 7.57. The third-order valence-electron chi connectivity index (χ3n) is 5.55. The van der Waals surface area contributed by atoms with Crippen LogP contribution in [0, 0.1) is 0 Å². The van der Waals surface area contributed by atoms with Gasteiger partial charge >= 0.3 is 0 Å². The molecular formula is C25H22N4O2S2. The molecule has 0 radical (unpaired) electrons. The number of hydrogen-bond acceptors (Lipinski definition) is 6. The van der Waals surface area contributed by atoms with E-state index >= 15 is 0 Å². The molecule has 1 amide bonds. The highest BCUT2D eigenvalue weighted by molar-refractivity contribution is 8.08. The fraction of sp³-hybridized carbons (Fsp3) is 0.160. The van der Waals surface area contributed by atoms with Crippen LogP contribution in [0.5, 0.6) is 0 Å². The van der Waals surface area contributed by atoms with Crippen molar-refractivity contribution in [1.82, 2.24) is 4.57 Å². The predicted octanol–water partition coefficient (Wildman–Crippen LogP) is 3.37. The number of thioether (sulfide) groups is 1. The summed E-state index contributed by atoms with van der Waals surface area (Å²) < 4.78 is 2.87. The van der Waals surface area contributed by atoms with Crippen LogP contribution in [0.3, 0.4) is 0 Å². The number of rotatable bonds is 4. The van der Waals surface area contributed by atoms with E-state index in [1.807, 2.05) is 49.4 Å². The largest absolute Gasteiger partial charge is 0.334 e. The number of thiazole rings is 1. The van der Waals surface area contributed by atoms with Gasteiger partial charge in [-0.2, -0.15) is 10.1 Å². The molecule has 0 saturated heterocycles. The van der Waals surface area contributed by atoms with Gasteiger partial charge in [0.25, 0.3) is 11.5 Å². The highest BCUT2D eigenvalue weighted by Crippen LogP contribution is 2.45. The number of hydrazone groups is 1. The van der Waals surface area contributed by atoms with E-state index in [0.29, 0.717) is 32.7 Å². The second-order valence-corrected chi connectivity index (χ2v) is 9.60. The van der Waals surface area contributed by atoms with Crippen LogP contribution in [-0.2, 0) is 11.3 Å². The molecule has 0 aliphatic carbocycles. The van der Waals surface area contributed by atoms with Crippen molar-refractivity contribution in [3.63, 3.8) is 0 Å². The van der Waals surface area contributed by atoms with Gasteiger partial charge in [-0.15, -0.1) is 17.9 Å². The van der Waals surface area contributed by atoms with Crippen molar-refractivity contribution in [3.8, 4) is 0 Å². The van der Waals surface area contributed by atoms with Crippen molar-refractivity contribution in [2.24, 2.45) is 5.10 Å². The minimum Gasteiger partial charge on any atom is -0.334 e. The number of amides is 1. The number of hydrogen-bond donors (Lipinski definition) is 0. The Hall–Kier alpha value is -3.36. The van der Waals surface area contributed by atoms with Crippen LogP contribution in [0.4, 0.5) is 11.4 Å². The minimum atomic E-state index is -0.232. The Labute approximate surface area is 199 Å². The van der Waals surface area contributed by atoms with Crippen LogP contribution in [0.2, 0.25) is 0 Å². The Bertz CT molecular complexity index is 1480. The molecule has 33 heavy (non-hydrogen) atoms. The number of benzene rings is 2. The third kappa shape index (κ3) is 3.46. The Kier molecular flexibility index (Phi) is 5.55. The van der Waals surface area contributed by atoms with Gasteiger partial charge in [0.15, 0.2) is 0 Å². The van der Waals surface area contributed by atoms with Crippen molar-refractivity contribution in [1.29, 1.82) is 0 Å². The molecule has 0 atom stereocenters. The molecule has 0 saturated carbocycles. The van der Waals surface area contributed by atoms with E-state index in [4.69, 9.17) is 0 Å². The molecule has 3 heterocycles. The van der Waals surface area contributed by atoms with E-state index < -0.39 is 0 Å². The van der Waals surface area contributed by atoms with E-state index in [1.165, 1.54) is 16.3 Å². The Morgan fingerprint density at radius 3 is 2.52 bits per heavy atom. The first-order valence-electron chi connectivity index (χ1n) is 10.6. The smallest absolute Gasteiger partial charge is 0.283 e. The summed E-state index contributed by atoms with van der Waals surface area (Å²) in [5.41, 5.74) is 2.73. The number of anilines is 2. The molecule has 2 aromatic carbocycles. The maximum Gasteiger partial charge on any atom is 0.283 e. The molecule has 0 unspecified atom stereocenters. The Balaban J connectivity index is 1.76. The van der Waals surface area contributed by atoms with E-state index in [-0.39, 0.29) is 11.5 Å². The van der Waals surface area contributed by atoms with E-state index in [1.54, 1.807) is 22.4 Å². The molecule has 0 spiro atoms. The topological polar surface area (TPSA) is 57.9 Å². The molecule has 2 aliphatic heterocycles. The standard InChI is InChI=1S/C25H22N4O2S2/c1-4-15-28-23(31)21(25-27(5-2)18-13-9-10-14-19(18)32-25)33-24(28)20-16(3)26-29(22(20)30)17-11-7-6-8-12-17/h4,6-14H,1,5,15H2,2-3H3. The molecule has 3 aromatic rings. The molecule has 0 fully saturated rings.